The van der Waals surface area contributed by atoms with Gasteiger partial charge in [0, 0.05) is 28.7 Å². The number of fused-ring (bicyclic) bond motifs is 1. The van der Waals surface area contributed by atoms with Crippen molar-refractivity contribution in [3.05, 3.63) is 23.7 Å². The molecule has 0 aromatic carbocycles. The van der Waals surface area contributed by atoms with Gasteiger partial charge in [-0.2, -0.15) is 0 Å². The van der Waals surface area contributed by atoms with E-state index in [9.17, 15) is 0 Å². The third-order valence-corrected chi connectivity index (χ3v) is 3.67. The van der Waals surface area contributed by atoms with Gasteiger partial charge < -0.3 is 5.32 Å². The summed E-state index contributed by atoms with van der Waals surface area (Å²) in [5.74, 6) is 2.10. The van der Waals surface area contributed by atoms with E-state index in [1.165, 1.54) is 10.1 Å². The van der Waals surface area contributed by atoms with Crippen LogP contribution in [0.2, 0.25) is 0 Å². The molecule has 2 nitrogen and oxygen atoms in total. The smallest absolute Gasteiger partial charge is 0.134 e. The summed E-state index contributed by atoms with van der Waals surface area (Å²) in [6, 6.07) is 4.14. The van der Waals surface area contributed by atoms with Gasteiger partial charge in [-0.3, -0.25) is 0 Å². The molecular formula is C11H13ClN2S. The molecule has 0 radical (unpaired) electrons. The van der Waals surface area contributed by atoms with Crippen molar-refractivity contribution in [1.82, 2.24) is 4.98 Å². The van der Waals surface area contributed by atoms with E-state index in [2.05, 4.69) is 28.7 Å². The van der Waals surface area contributed by atoms with Crippen LogP contribution in [0.15, 0.2) is 23.7 Å². The van der Waals surface area contributed by atoms with Crippen LogP contribution in [0.3, 0.4) is 0 Å². The van der Waals surface area contributed by atoms with E-state index in [4.69, 9.17) is 11.6 Å². The Bertz CT molecular complexity index is 441. The zero-order valence-electron chi connectivity index (χ0n) is 8.53. The monoisotopic (exact) mass is 240 g/mol. The number of anilines is 1. The first kappa shape index (κ1) is 10.7. The number of thiophene rings is 1. The number of hydrogen-bond donors (Lipinski definition) is 1. The molecule has 2 heterocycles. The number of nitrogens with one attached hydrogen (secondary N) is 1. The highest BCUT2D eigenvalue weighted by Gasteiger charge is 2.04. The molecule has 4 heteroatoms. The van der Waals surface area contributed by atoms with Gasteiger partial charge in [0.25, 0.3) is 0 Å². The van der Waals surface area contributed by atoms with Crippen LogP contribution < -0.4 is 5.32 Å². The standard InChI is InChI=1S/C11H13ClN2S/c1-8(6-12)7-14-11-9-3-5-15-10(9)2-4-13-11/h2-5,8H,6-7H2,1H3,(H,13,14). The Hall–Kier alpha value is -0.800. The molecule has 0 saturated heterocycles. The van der Waals surface area contributed by atoms with Crippen molar-refractivity contribution < 1.29 is 0 Å². The van der Waals surface area contributed by atoms with Crippen LogP contribution >= 0.6 is 22.9 Å². The maximum atomic E-state index is 5.76. The SMILES string of the molecule is CC(CCl)CNc1nccc2sccc12. The fourth-order valence-electron chi connectivity index (χ4n) is 1.36. The number of halogens is 1. The maximum Gasteiger partial charge on any atom is 0.134 e. The van der Waals surface area contributed by atoms with Crippen LogP contribution in [0.5, 0.6) is 0 Å². The van der Waals surface area contributed by atoms with E-state index in [-0.39, 0.29) is 0 Å². The van der Waals surface area contributed by atoms with Gasteiger partial charge in [0.1, 0.15) is 5.82 Å². The van der Waals surface area contributed by atoms with Crippen LogP contribution in [0.25, 0.3) is 10.1 Å². The molecular weight excluding hydrogens is 228 g/mol. The lowest BCUT2D eigenvalue weighted by Crippen LogP contribution is -2.13. The first-order valence-electron chi connectivity index (χ1n) is 4.93. The Morgan fingerprint density at radius 2 is 2.40 bits per heavy atom. The molecule has 0 aliphatic rings. The van der Waals surface area contributed by atoms with Crippen molar-refractivity contribution in [1.29, 1.82) is 0 Å². The minimum atomic E-state index is 0.461. The molecule has 1 unspecified atom stereocenters. The summed E-state index contributed by atoms with van der Waals surface area (Å²) in [5.41, 5.74) is 0. The fourth-order valence-corrected chi connectivity index (χ4v) is 2.25. The van der Waals surface area contributed by atoms with Gasteiger partial charge in [-0.05, 0) is 23.4 Å². The predicted octanol–water partition coefficient (Wildman–Crippen LogP) is 3.58. The Morgan fingerprint density at radius 1 is 1.53 bits per heavy atom. The fraction of sp³-hybridized carbons (Fsp3) is 0.364. The molecule has 0 amide bonds. The molecule has 0 spiro atoms. The summed E-state index contributed by atoms with van der Waals surface area (Å²) >= 11 is 7.49. The zero-order chi connectivity index (χ0) is 10.7. The molecule has 2 aromatic heterocycles. The maximum absolute atomic E-state index is 5.76. The summed E-state index contributed by atoms with van der Waals surface area (Å²) in [6.07, 6.45) is 1.84. The minimum absolute atomic E-state index is 0.461. The van der Waals surface area contributed by atoms with E-state index in [0.717, 1.165) is 12.4 Å². The summed E-state index contributed by atoms with van der Waals surface area (Å²) in [4.78, 5) is 4.34. The molecule has 2 rings (SSSR count). The normalized spacial score (nSPS) is 12.9. The van der Waals surface area contributed by atoms with Crippen molar-refractivity contribution in [2.75, 3.05) is 17.7 Å². The van der Waals surface area contributed by atoms with Crippen LogP contribution in [-0.2, 0) is 0 Å². The highest BCUT2D eigenvalue weighted by atomic mass is 35.5. The van der Waals surface area contributed by atoms with Crippen molar-refractivity contribution in [3.63, 3.8) is 0 Å². The van der Waals surface area contributed by atoms with Crippen molar-refractivity contribution in [2.45, 2.75) is 6.92 Å². The van der Waals surface area contributed by atoms with Gasteiger partial charge in [0.05, 0.1) is 0 Å². The molecule has 0 aliphatic heterocycles. The summed E-state index contributed by atoms with van der Waals surface area (Å²) in [6.45, 7) is 2.99. The Balaban J connectivity index is 2.17. The Labute approximate surface area is 98.3 Å². The summed E-state index contributed by atoms with van der Waals surface area (Å²) in [7, 11) is 0. The zero-order valence-corrected chi connectivity index (χ0v) is 10.1. The lowest BCUT2D eigenvalue weighted by Gasteiger charge is -2.10. The number of hydrogen-bond acceptors (Lipinski definition) is 3. The number of rotatable bonds is 4. The average molecular weight is 241 g/mol. The van der Waals surface area contributed by atoms with Gasteiger partial charge >= 0.3 is 0 Å². The summed E-state index contributed by atoms with van der Waals surface area (Å²) < 4.78 is 1.27. The first-order valence-corrected chi connectivity index (χ1v) is 6.34. The van der Waals surface area contributed by atoms with Crippen molar-refractivity contribution >= 4 is 38.8 Å². The molecule has 0 saturated carbocycles. The Kier molecular flexibility index (Phi) is 3.44. The molecule has 0 aliphatic carbocycles. The molecule has 80 valence electrons. The second kappa shape index (κ2) is 4.81. The number of nitrogens with zero attached hydrogens (tertiary/aromatic N) is 1. The highest BCUT2D eigenvalue weighted by Crippen LogP contribution is 2.25. The average Bonchev–Trinajstić information content (AvgIpc) is 2.74. The molecule has 2 aromatic rings. The van der Waals surface area contributed by atoms with Crippen LogP contribution in [0.4, 0.5) is 5.82 Å². The third-order valence-electron chi connectivity index (χ3n) is 2.26. The second-order valence-electron chi connectivity index (χ2n) is 3.63. The van der Waals surface area contributed by atoms with Gasteiger partial charge in [-0.25, -0.2) is 4.98 Å². The molecule has 1 atom stereocenters. The predicted molar refractivity (Wildman–Crippen MR) is 68.0 cm³/mol. The van der Waals surface area contributed by atoms with Gasteiger partial charge in [0.2, 0.25) is 0 Å². The summed E-state index contributed by atoms with van der Waals surface area (Å²) in [5, 5.41) is 6.62. The van der Waals surface area contributed by atoms with E-state index < -0.39 is 0 Å². The first-order chi connectivity index (χ1) is 7.31. The number of aromatic nitrogens is 1. The third kappa shape index (κ3) is 2.41. The minimum Gasteiger partial charge on any atom is -0.369 e. The van der Waals surface area contributed by atoms with Crippen LogP contribution in [0.1, 0.15) is 6.92 Å². The molecule has 0 fully saturated rings. The van der Waals surface area contributed by atoms with E-state index in [1.807, 2.05) is 12.3 Å². The van der Waals surface area contributed by atoms with Crippen LogP contribution in [0, 0.1) is 5.92 Å². The van der Waals surface area contributed by atoms with Crippen molar-refractivity contribution in [3.8, 4) is 0 Å². The van der Waals surface area contributed by atoms with Gasteiger partial charge in [-0.15, -0.1) is 22.9 Å². The van der Waals surface area contributed by atoms with Crippen LogP contribution in [-0.4, -0.2) is 17.4 Å². The number of pyridine rings is 1. The number of alkyl halides is 1. The molecule has 1 N–H and O–H groups in total. The lowest BCUT2D eigenvalue weighted by atomic mass is 10.2. The van der Waals surface area contributed by atoms with E-state index in [0.29, 0.717) is 11.8 Å². The van der Waals surface area contributed by atoms with Gasteiger partial charge in [-0.1, -0.05) is 6.92 Å². The van der Waals surface area contributed by atoms with E-state index in [1.54, 1.807) is 11.3 Å². The molecule has 15 heavy (non-hydrogen) atoms. The van der Waals surface area contributed by atoms with Crippen molar-refractivity contribution in [2.24, 2.45) is 5.92 Å². The lowest BCUT2D eigenvalue weighted by molar-refractivity contribution is 0.695. The largest absolute Gasteiger partial charge is 0.369 e. The highest BCUT2D eigenvalue weighted by molar-refractivity contribution is 7.17. The molecule has 0 bridgehead atoms. The van der Waals surface area contributed by atoms with Gasteiger partial charge in [0.15, 0.2) is 0 Å². The Morgan fingerprint density at radius 3 is 3.20 bits per heavy atom. The second-order valence-corrected chi connectivity index (χ2v) is 4.89. The van der Waals surface area contributed by atoms with E-state index >= 15 is 0 Å². The quantitative estimate of drug-likeness (QED) is 0.827. The topological polar surface area (TPSA) is 24.9 Å².